The van der Waals surface area contributed by atoms with Gasteiger partial charge in [-0.3, -0.25) is 0 Å². The van der Waals surface area contributed by atoms with Crippen molar-refractivity contribution < 1.29 is 13.2 Å². The molecule has 0 radical (unpaired) electrons. The fraction of sp³-hybridized carbons (Fsp3) is 1.00. The van der Waals surface area contributed by atoms with Gasteiger partial charge in [0.25, 0.3) is 0 Å². The first kappa shape index (κ1) is 11.8. The minimum Gasteiger partial charge on any atom is -0.330 e. The van der Waals surface area contributed by atoms with Crippen LogP contribution in [0.25, 0.3) is 0 Å². The molecular weight excluding hydrogens is 191 g/mol. The van der Waals surface area contributed by atoms with Gasteiger partial charge in [0, 0.05) is 0 Å². The lowest BCUT2D eigenvalue weighted by Crippen LogP contribution is -2.34. The molecule has 0 aromatic heterocycles. The number of hydrogen-bond acceptors (Lipinski definition) is 1. The highest BCUT2D eigenvalue weighted by Gasteiger charge is 2.45. The number of halogens is 3. The predicted octanol–water partition coefficient (Wildman–Crippen LogP) is 2.95. The molecule has 1 saturated carbocycles. The van der Waals surface area contributed by atoms with Crippen molar-refractivity contribution >= 4 is 0 Å². The van der Waals surface area contributed by atoms with Gasteiger partial charge >= 0.3 is 6.18 Å². The predicted molar refractivity (Wildman–Crippen MR) is 49.7 cm³/mol. The summed E-state index contributed by atoms with van der Waals surface area (Å²) in [4.78, 5) is 0. The maximum Gasteiger partial charge on any atom is 0.392 e. The summed E-state index contributed by atoms with van der Waals surface area (Å²) >= 11 is 0. The van der Waals surface area contributed by atoms with Gasteiger partial charge in [-0.2, -0.15) is 13.2 Å². The van der Waals surface area contributed by atoms with E-state index >= 15 is 0 Å². The van der Waals surface area contributed by atoms with E-state index in [1.165, 1.54) is 0 Å². The zero-order chi connectivity index (χ0) is 10.8. The van der Waals surface area contributed by atoms with Crippen LogP contribution >= 0.6 is 0 Å². The Hall–Kier alpha value is -0.250. The molecule has 1 nitrogen and oxygen atoms in total. The van der Waals surface area contributed by atoms with E-state index in [-0.39, 0.29) is 24.8 Å². The Morgan fingerprint density at radius 3 is 2.43 bits per heavy atom. The van der Waals surface area contributed by atoms with E-state index in [1.807, 2.05) is 6.92 Å². The van der Waals surface area contributed by atoms with Crippen LogP contribution in [0.3, 0.4) is 0 Å². The average molecular weight is 209 g/mol. The lowest BCUT2D eigenvalue weighted by Gasteiger charge is -2.27. The molecule has 0 saturated heterocycles. The molecule has 3 unspecified atom stereocenters. The summed E-state index contributed by atoms with van der Waals surface area (Å²) < 4.78 is 38.0. The highest BCUT2D eigenvalue weighted by molar-refractivity contribution is 4.81. The maximum atomic E-state index is 12.7. The minimum atomic E-state index is -4.07. The summed E-state index contributed by atoms with van der Waals surface area (Å²) in [6.45, 7) is 2.06. The monoisotopic (exact) mass is 209 g/mol. The summed E-state index contributed by atoms with van der Waals surface area (Å²) in [7, 11) is 0. The van der Waals surface area contributed by atoms with E-state index in [9.17, 15) is 13.2 Å². The van der Waals surface area contributed by atoms with Gasteiger partial charge in [-0.15, -0.1) is 0 Å². The molecule has 1 aliphatic carbocycles. The van der Waals surface area contributed by atoms with Crippen LogP contribution in [-0.4, -0.2) is 12.7 Å². The molecule has 0 spiro atoms. The molecule has 4 heteroatoms. The average Bonchev–Trinajstić information content (AvgIpc) is 2.25. The smallest absolute Gasteiger partial charge is 0.330 e. The van der Waals surface area contributed by atoms with Gasteiger partial charge in [0.2, 0.25) is 0 Å². The molecule has 1 fully saturated rings. The molecule has 0 aromatic rings. The van der Waals surface area contributed by atoms with Crippen LogP contribution in [0, 0.1) is 17.8 Å². The van der Waals surface area contributed by atoms with Crippen LogP contribution in [0.1, 0.15) is 32.6 Å². The van der Waals surface area contributed by atoms with E-state index in [1.54, 1.807) is 0 Å². The Labute approximate surface area is 82.9 Å². The Balaban J connectivity index is 2.73. The number of rotatable bonds is 1. The second-order valence-electron chi connectivity index (χ2n) is 4.42. The summed E-state index contributed by atoms with van der Waals surface area (Å²) in [5.74, 6) is -1.36. The second kappa shape index (κ2) is 4.51. The van der Waals surface area contributed by atoms with Gasteiger partial charge in [-0.05, 0) is 31.2 Å². The van der Waals surface area contributed by atoms with Crippen molar-refractivity contribution in [1.82, 2.24) is 0 Å². The molecule has 0 aliphatic heterocycles. The third kappa shape index (κ3) is 2.87. The van der Waals surface area contributed by atoms with Gasteiger partial charge in [0.15, 0.2) is 0 Å². The zero-order valence-electron chi connectivity index (χ0n) is 8.48. The topological polar surface area (TPSA) is 26.0 Å². The molecule has 3 atom stereocenters. The molecule has 2 N–H and O–H groups in total. The maximum absolute atomic E-state index is 12.7. The van der Waals surface area contributed by atoms with E-state index in [2.05, 4.69) is 0 Å². The Morgan fingerprint density at radius 1 is 1.29 bits per heavy atom. The minimum absolute atomic E-state index is 0.164. The first-order valence-corrected chi connectivity index (χ1v) is 5.22. The molecular formula is C10H18F3N. The fourth-order valence-electron chi connectivity index (χ4n) is 2.36. The molecule has 0 amide bonds. The van der Waals surface area contributed by atoms with Gasteiger partial charge in [-0.25, -0.2) is 0 Å². The Kier molecular flexibility index (Phi) is 3.81. The molecule has 0 bridgehead atoms. The van der Waals surface area contributed by atoms with Gasteiger partial charge in [0.1, 0.15) is 0 Å². The SMILES string of the molecule is CC1CCCC(CN)C(C(F)(F)F)C1. The van der Waals surface area contributed by atoms with Crippen LogP contribution in [0.4, 0.5) is 13.2 Å². The lowest BCUT2D eigenvalue weighted by atomic mass is 9.85. The van der Waals surface area contributed by atoms with Crippen molar-refractivity contribution in [1.29, 1.82) is 0 Å². The fourth-order valence-corrected chi connectivity index (χ4v) is 2.36. The molecule has 84 valence electrons. The number of alkyl halides is 3. The van der Waals surface area contributed by atoms with Crippen LogP contribution in [0.15, 0.2) is 0 Å². The van der Waals surface area contributed by atoms with E-state index in [0.717, 1.165) is 12.8 Å². The Bertz CT molecular complexity index is 179. The lowest BCUT2D eigenvalue weighted by molar-refractivity contribution is -0.191. The van der Waals surface area contributed by atoms with Crippen molar-refractivity contribution in [3.05, 3.63) is 0 Å². The van der Waals surface area contributed by atoms with Crippen LogP contribution < -0.4 is 5.73 Å². The van der Waals surface area contributed by atoms with Gasteiger partial charge in [0.05, 0.1) is 5.92 Å². The molecule has 0 heterocycles. The third-order valence-electron chi connectivity index (χ3n) is 3.22. The van der Waals surface area contributed by atoms with Crippen molar-refractivity contribution in [2.24, 2.45) is 23.5 Å². The van der Waals surface area contributed by atoms with Crippen LogP contribution in [-0.2, 0) is 0 Å². The standard InChI is InChI=1S/C10H18F3N/c1-7-3-2-4-8(6-14)9(5-7)10(11,12)13/h7-9H,2-6,14H2,1H3. The highest BCUT2D eigenvalue weighted by atomic mass is 19.4. The quantitative estimate of drug-likeness (QED) is 0.660. The third-order valence-corrected chi connectivity index (χ3v) is 3.22. The molecule has 14 heavy (non-hydrogen) atoms. The van der Waals surface area contributed by atoms with Gasteiger partial charge in [-0.1, -0.05) is 19.8 Å². The first-order valence-electron chi connectivity index (χ1n) is 5.22. The normalized spacial score (nSPS) is 35.4. The largest absolute Gasteiger partial charge is 0.392 e. The summed E-state index contributed by atoms with van der Waals surface area (Å²) in [5.41, 5.74) is 5.41. The van der Waals surface area contributed by atoms with E-state index in [0.29, 0.717) is 6.42 Å². The van der Waals surface area contributed by atoms with Crippen LogP contribution in [0.5, 0.6) is 0 Å². The number of hydrogen-bond donors (Lipinski definition) is 1. The van der Waals surface area contributed by atoms with Crippen molar-refractivity contribution in [2.45, 2.75) is 38.8 Å². The summed E-state index contributed by atoms with van der Waals surface area (Å²) in [6, 6.07) is 0. The second-order valence-corrected chi connectivity index (χ2v) is 4.42. The summed E-state index contributed by atoms with van der Waals surface area (Å²) in [6.07, 6.45) is -1.39. The van der Waals surface area contributed by atoms with Crippen molar-refractivity contribution in [3.8, 4) is 0 Å². The summed E-state index contributed by atoms with van der Waals surface area (Å²) in [5, 5.41) is 0. The molecule has 1 rings (SSSR count). The van der Waals surface area contributed by atoms with Crippen LogP contribution in [0.2, 0.25) is 0 Å². The van der Waals surface area contributed by atoms with Crippen molar-refractivity contribution in [2.75, 3.05) is 6.54 Å². The Morgan fingerprint density at radius 2 is 1.93 bits per heavy atom. The van der Waals surface area contributed by atoms with E-state index in [4.69, 9.17) is 5.73 Å². The zero-order valence-corrected chi connectivity index (χ0v) is 8.48. The molecule has 0 aromatic carbocycles. The number of nitrogens with two attached hydrogens (primary N) is 1. The molecule has 1 aliphatic rings. The first-order chi connectivity index (χ1) is 6.45. The van der Waals surface area contributed by atoms with Gasteiger partial charge < -0.3 is 5.73 Å². The van der Waals surface area contributed by atoms with E-state index < -0.39 is 12.1 Å². The van der Waals surface area contributed by atoms with Crippen molar-refractivity contribution in [3.63, 3.8) is 0 Å². The highest BCUT2D eigenvalue weighted by Crippen LogP contribution is 2.41.